The van der Waals surface area contributed by atoms with Crippen molar-refractivity contribution in [2.24, 2.45) is 0 Å². The summed E-state index contributed by atoms with van der Waals surface area (Å²) in [7, 11) is 3.53. The van der Waals surface area contributed by atoms with Gasteiger partial charge in [-0.1, -0.05) is 44.0 Å². The maximum atomic E-state index is 13.0. The third-order valence-corrected chi connectivity index (χ3v) is 4.68. The number of allylic oxidation sites excluding steroid dienone is 2. The number of hydrogen-bond donors (Lipinski definition) is 1. The molecule has 5 heteroatoms. The molecule has 1 N–H and O–H groups in total. The molecule has 0 fully saturated rings. The van der Waals surface area contributed by atoms with Crippen LogP contribution >= 0.6 is 0 Å². The Morgan fingerprint density at radius 2 is 1.54 bits per heavy atom. The van der Waals surface area contributed by atoms with Crippen LogP contribution in [-0.4, -0.2) is 37.2 Å². The lowest BCUT2D eigenvalue weighted by Gasteiger charge is -2.26. The lowest BCUT2D eigenvalue weighted by atomic mass is 9.89. The first kappa shape index (κ1) is 19.7. The molecule has 1 aliphatic carbocycles. The number of carbonyl (C=O) groups is 2. The number of rotatable bonds is 8. The van der Waals surface area contributed by atoms with Gasteiger partial charge in [0.25, 0.3) is 0 Å². The van der Waals surface area contributed by atoms with E-state index in [9.17, 15) is 9.59 Å². The first-order valence-corrected chi connectivity index (χ1v) is 9.62. The van der Waals surface area contributed by atoms with Gasteiger partial charge in [0.2, 0.25) is 11.6 Å². The van der Waals surface area contributed by atoms with Crippen LogP contribution in [0.3, 0.4) is 0 Å². The zero-order valence-corrected chi connectivity index (χ0v) is 16.6. The number of hydrogen-bond acceptors (Lipinski definition) is 5. The number of carbonyl (C=O) groups excluding carboxylic acids is 2. The first-order chi connectivity index (χ1) is 13.5. The Labute approximate surface area is 166 Å². The Bertz CT molecular complexity index is 898. The van der Waals surface area contributed by atoms with Gasteiger partial charge >= 0.3 is 0 Å². The summed E-state index contributed by atoms with van der Waals surface area (Å²) in [4.78, 5) is 27.6. The molecule has 2 aromatic carbocycles. The molecular formula is C23H26N2O3. The van der Waals surface area contributed by atoms with Crippen molar-refractivity contribution in [1.29, 1.82) is 0 Å². The van der Waals surface area contributed by atoms with Gasteiger partial charge in [0, 0.05) is 30.9 Å². The van der Waals surface area contributed by atoms with E-state index >= 15 is 0 Å². The molecule has 0 bridgehead atoms. The molecule has 28 heavy (non-hydrogen) atoms. The van der Waals surface area contributed by atoms with Gasteiger partial charge in [-0.25, -0.2) is 0 Å². The van der Waals surface area contributed by atoms with Crippen LogP contribution in [0, 0.1) is 0 Å². The van der Waals surface area contributed by atoms with Gasteiger partial charge in [-0.3, -0.25) is 9.59 Å². The fourth-order valence-electron chi connectivity index (χ4n) is 3.23. The highest BCUT2D eigenvalue weighted by atomic mass is 16.5. The number of benzene rings is 2. The number of unbranched alkanes of at least 4 members (excludes halogenated alkanes) is 2. The summed E-state index contributed by atoms with van der Waals surface area (Å²) in [6.45, 7) is 2.85. The second-order valence-electron chi connectivity index (χ2n) is 7.03. The van der Waals surface area contributed by atoms with E-state index in [1.807, 2.05) is 24.3 Å². The summed E-state index contributed by atoms with van der Waals surface area (Å²) in [5.41, 5.74) is 2.26. The van der Waals surface area contributed by atoms with Crippen molar-refractivity contribution in [3.8, 4) is 5.75 Å². The highest BCUT2D eigenvalue weighted by Crippen LogP contribution is 2.29. The Morgan fingerprint density at radius 1 is 0.893 bits per heavy atom. The lowest BCUT2D eigenvalue weighted by molar-refractivity contribution is 0.0953. The second kappa shape index (κ2) is 8.74. The molecule has 0 saturated heterocycles. The van der Waals surface area contributed by atoms with Gasteiger partial charge in [0.15, 0.2) is 0 Å². The largest absolute Gasteiger partial charge is 0.494 e. The smallest absolute Gasteiger partial charge is 0.212 e. The summed E-state index contributed by atoms with van der Waals surface area (Å²) in [6.07, 6.45) is 3.34. The summed E-state index contributed by atoms with van der Waals surface area (Å²) in [5.74, 6) is 0.456. The molecule has 146 valence electrons. The van der Waals surface area contributed by atoms with Gasteiger partial charge in [-0.2, -0.15) is 0 Å². The molecule has 2 aromatic rings. The number of ketones is 2. The fourth-order valence-corrected chi connectivity index (χ4v) is 3.23. The van der Waals surface area contributed by atoms with E-state index in [1.54, 1.807) is 43.3 Å². The Morgan fingerprint density at radius 3 is 2.14 bits per heavy atom. The highest BCUT2D eigenvalue weighted by molar-refractivity contribution is 6.27. The molecule has 0 radical (unpaired) electrons. The number of nitrogens with zero attached hydrogens (tertiary/aromatic N) is 1. The number of Topliss-reactive ketones (excluding diaryl/α,β-unsaturated/α-hetero) is 2. The summed E-state index contributed by atoms with van der Waals surface area (Å²) in [5, 5.41) is 3.15. The minimum Gasteiger partial charge on any atom is -0.494 e. The first-order valence-electron chi connectivity index (χ1n) is 9.62. The third kappa shape index (κ3) is 4.09. The minimum absolute atomic E-state index is 0.154. The van der Waals surface area contributed by atoms with Crippen LogP contribution in [0.15, 0.2) is 59.9 Å². The molecule has 0 heterocycles. The predicted octanol–water partition coefficient (Wildman–Crippen LogP) is 4.52. The molecule has 0 aliphatic heterocycles. The number of fused-ring (bicyclic) bond motifs is 1. The summed E-state index contributed by atoms with van der Waals surface area (Å²) < 4.78 is 5.73. The topological polar surface area (TPSA) is 58.6 Å². The Balaban J connectivity index is 1.82. The zero-order valence-electron chi connectivity index (χ0n) is 16.6. The molecule has 0 spiro atoms. The minimum atomic E-state index is -0.182. The summed E-state index contributed by atoms with van der Waals surface area (Å²) in [6, 6.07) is 14.4. The second-order valence-corrected chi connectivity index (χ2v) is 7.03. The van der Waals surface area contributed by atoms with Crippen molar-refractivity contribution in [3.63, 3.8) is 0 Å². The quantitative estimate of drug-likeness (QED) is 0.685. The van der Waals surface area contributed by atoms with Crippen LogP contribution in [0.5, 0.6) is 5.75 Å². The average molecular weight is 378 g/mol. The van der Waals surface area contributed by atoms with Crippen LogP contribution < -0.4 is 10.1 Å². The average Bonchev–Trinajstić information content (AvgIpc) is 2.70. The van der Waals surface area contributed by atoms with Gasteiger partial charge in [-0.15, -0.1) is 0 Å². The van der Waals surface area contributed by atoms with E-state index in [4.69, 9.17) is 4.74 Å². The molecule has 5 nitrogen and oxygen atoms in total. The standard InChI is InChI=1S/C23H26N2O3/c1-4-5-8-15-28-17-13-11-16(12-14-17)24-20-21(25(2)3)23(27)19-10-7-6-9-18(19)22(20)26/h6-7,9-14,24H,4-5,8,15H2,1-3H3. The van der Waals surface area contributed by atoms with Crippen molar-refractivity contribution in [2.75, 3.05) is 26.0 Å². The third-order valence-electron chi connectivity index (χ3n) is 4.68. The van der Waals surface area contributed by atoms with Crippen LogP contribution in [0.4, 0.5) is 5.69 Å². The SMILES string of the molecule is CCCCCOc1ccc(NC2=C(N(C)C)C(=O)c3ccccc3C2=O)cc1. The maximum absolute atomic E-state index is 13.0. The molecule has 1 aliphatic rings. The maximum Gasteiger partial charge on any atom is 0.212 e. The van der Waals surface area contributed by atoms with Crippen molar-refractivity contribution < 1.29 is 14.3 Å². The van der Waals surface area contributed by atoms with Crippen molar-refractivity contribution in [3.05, 3.63) is 71.1 Å². The fraction of sp³-hybridized carbons (Fsp3) is 0.304. The van der Waals surface area contributed by atoms with E-state index in [-0.39, 0.29) is 11.6 Å². The van der Waals surface area contributed by atoms with E-state index in [0.717, 1.165) is 30.7 Å². The number of anilines is 1. The predicted molar refractivity (Wildman–Crippen MR) is 111 cm³/mol. The Hall–Kier alpha value is -3.08. The van der Waals surface area contributed by atoms with Crippen molar-refractivity contribution in [2.45, 2.75) is 26.2 Å². The van der Waals surface area contributed by atoms with Crippen LogP contribution in [-0.2, 0) is 0 Å². The zero-order chi connectivity index (χ0) is 20.1. The molecular weight excluding hydrogens is 352 g/mol. The Kier molecular flexibility index (Phi) is 6.14. The number of likely N-dealkylation sites (N-methyl/N-ethyl adjacent to an activating group) is 1. The van der Waals surface area contributed by atoms with E-state index in [0.29, 0.717) is 29.1 Å². The van der Waals surface area contributed by atoms with Gasteiger partial charge in [0.05, 0.1) is 6.61 Å². The van der Waals surface area contributed by atoms with Crippen molar-refractivity contribution >= 4 is 17.3 Å². The van der Waals surface area contributed by atoms with Crippen LogP contribution in [0.25, 0.3) is 0 Å². The number of ether oxygens (including phenoxy) is 1. The van der Waals surface area contributed by atoms with Crippen molar-refractivity contribution in [1.82, 2.24) is 4.90 Å². The van der Waals surface area contributed by atoms with E-state index < -0.39 is 0 Å². The van der Waals surface area contributed by atoms with Gasteiger partial charge < -0.3 is 15.0 Å². The molecule has 0 aromatic heterocycles. The molecule has 0 atom stereocenters. The molecule has 0 saturated carbocycles. The number of nitrogens with one attached hydrogen (secondary N) is 1. The van der Waals surface area contributed by atoms with Gasteiger partial charge in [-0.05, 0) is 30.7 Å². The normalized spacial score (nSPS) is 13.4. The van der Waals surface area contributed by atoms with Gasteiger partial charge in [0.1, 0.15) is 17.1 Å². The monoisotopic (exact) mass is 378 g/mol. The highest BCUT2D eigenvalue weighted by Gasteiger charge is 2.33. The lowest BCUT2D eigenvalue weighted by Crippen LogP contribution is -2.32. The molecule has 3 rings (SSSR count). The molecule has 0 unspecified atom stereocenters. The van der Waals surface area contributed by atoms with Crippen LogP contribution in [0.2, 0.25) is 0 Å². The molecule has 0 amide bonds. The van der Waals surface area contributed by atoms with E-state index in [1.165, 1.54) is 0 Å². The van der Waals surface area contributed by atoms with E-state index in [2.05, 4.69) is 12.2 Å². The summed E-state index contributed by atoms with van der Waals surface area (Å²) >= 11 is 0. The van der Waals surface area contributed by atoms with Crippen LogP contribution in [0.1, 0.15) is 46.9 Å².